The minimum absolute atomic E-state index is 0.0463. The van der Waals surface area contributed by atoms with Crippen LogP contribution >= 0.6 is 0 Å². The van der Waals surface area contributed by atoms with Crippen molar-refractivity contribution in [3.05, 3.63) is 10.1 Å². The summed E-state index contributed by atoms with van der Waals surface area (Å²) in [6.07, 6.45) is 1.59. The fourth-order valence-corrected chi connectivity index (χ4v) is 3.62. The Morgan fingerprint density at radius 3 is 1.65 bits per heavy atom. The molecule has 0 saturated carbocycles. The molecular formula is C10H21N5O2. The topological polar surface area (TPSA) is 124 Å². The van der Waals surface area contributed by atoms with Crippen molar-refractivity contribution < 1.29 is 4.92 Å². The number of rotatable bonds is 4. The smallest absolute Gasteiger partial charge is 0.226 e. The van der Waals surface area contributed by atoms with E-state index in [1.807, 2.05) is 0 Å². The van der Waals surface area contributed by atoms with Crippen LogP contribution in [0.2, 0.25) is 0 Å². The lowest BCUT2D eigenvalue weighted by molar-refractivity contribution is -0.588. The minimum atomic E-state index is -0.854. The van der Waals surface area contributed by atoms with E-state index in [-0.39, 0.29) is 23.0 Å². The highest BCUT2D eigenvalue weighted by atomic mass is 16.6. The van der Waals surface area contributed by atoms with Crippen molar-refractivity contribution in [2.24, 2.45) is 17.2 Å². The van der Waals surface area contributed by atoms with Crippen LogP contribution in [0.1, 0.15) is 19.3 Å². The highest BCUT2D eigenvalue weighted by molar-refractivity contribution is 5.07. The maximum Gasteiger partial charge on any atom is 0.226 e. The summed E-state index contributed by atoms with van der Waals surface area (Å²) in [6.45, 7) is 1.30. The van der Waals surface area contributed by atoms with Crippen molar-refractivity contribution in [3.8, 4) is 0 Å². The first-order valence-electron chi connectivity index (χ1n) is 6.10. The third-order valence-corrected chi connectivity index (χ3v) is 4.32. The molecule has 3 aliphatic rings. The molecule has 0 aromatic carbocycles. The van der Waals surface area contributed by atoms with E-state index in [2.05, 4.69) is 4.90 Å². The molecule has 3 fully saturated rings. The molecule has 0 amide bonds. The van der Waals surface area contributed by atoms with Gasteiger partial charge < -0.3 is 17.2 Å². The first-order valence-corrected chi connectivity index (χ1v) is 6.10. The summed E-state index contributed by atoms with van der Waals surface area (Å²) in [5.41, 5.74) is 16.4. The number of nitrogens with two attached hydrogens (primary N) is 3. The second-order valence-corrected chi connectivity index (χ2v) is 5.21. The Bertz CT molecular complexity index is 275. The number of hydrogen-bond acceptors (Lipinski definition) is 6. The van der Waals surface area contributed by atoms with E-state index in [1.165, 1.54) is 0 Å². The summed E-state index contributed by atoms with van der Waals surface area (Å²) in [4.78, 5) is 13.5. The molecule has 3 saturated heterocycles. The van der Waals surface area contributed by atoms with Crippen LogP contribution in [0.5, 0.6) is 0 Å². The number of nitrogens with zero attached hydrogens (tertiary/aromatic N) is 2. The van der Waals surface area contributed by atoms with Gasteiger partial charge in [-0.25, -0.2) is 0 Å². The summed E-state index contributed by atoms with van der Waals surface area (Å²) in [5, 5.41) is 11.4. The maximum atomic E-state index is 11.4. The average Bonchev–Trinajstić information content (AvgIpc) is 2.37. The molecule has 0 radical (unpaired) electrons. The standard InChI is InChI=1S/C10H21N5O2/c11-4-7-1-10(15(16)17)2-8(5-12)14(7)9(3-10)6-13/h7-9H,1-6,11-13H2. The number of hydrogen-bond donors (Lipinski definition) is 3. The number of nitro groups is 1. The Morgan fingerprint density at radius 1 is 1.06 bits per heavy atom. The molecule has 98 valence electrons. The molecule has 3 rings (SSSR count). The van der Waals surface area contributed by atoms with Gasteiger partial charge >= 0.3 is 0 Å². The van der Waals surface area contributed by atoms with E-state index in [1.54, 1.807) is 0 Å². The number of piperidine rings is 3. The van der Waals surface area contributed by atoms with E-state index in [9.17, 15) is 10.1 Å². The first-order chi connectivity index (χ1) is 8.07. The van der Waals surface area contributed by atoms with E-state index in [0.29, 0.717) is 38.9 Å². The zero-order valence-corrected chi connectivity index (χ0v) is 9.92. The Kier molecular flexibility index (Phi) is 3.35. The zero-order chi connectivity index (χ0) is 12.6. The predicted molar refractivity (Wildman–Crippen MR) is 63.9 cm³/mol. The highest BCUT2D eigenvalue weighted by Crippen LogP contribution is 2.44. The summed E-state index contributed by atoms with van der Waals surface area (Å²) in [6, 6.07) is 0.139. The molecule has 0 aromatic heterocycles. The second kappa shape index (κ2) is 4.49. The predicted octanol–water partition coefficient (Wildman–Crippen LogP) is -1.52. The molecule has 3 atom stereocenters. The van der Waals surface area contributed by atoms with Crippen LogP contribution in [0, 0.1) is 10.1 Å². The van der Waals surface area contributed by atoms with Gasteiger partial charge in [0.25, 0.3) is 0 Å². The highest BCUT2D eigenvalue weighted by Gasteiger charge is 2.59. The van der Waals surface area contributed by atoms with E-state index < -0.39 is 5.54 Å². The normalized spacial score (nSPS) is 44.9. The minimum Gasteiger partial charge on any atom is -0.329 e. The van der Waals surface area contributed by atoms with Gasteiger partial charge in [0.15, 0.2) is 0 Å². The van der Waals surface area contributed by atoms with Gasteiger partial charge in [0.2, 0.25) is 5.54 Å². The van der Waals surface area contributed by atoms with Crippen LogP contribution in [0.15, 0.2) is 0 Å². The molecule has 3 aliphatic heterocycles. The molecule has 3 heterocycles. The molecule has 6 N–H and O–H groups in total. The molecule has 7 heteroatoms. The van der Waals surface area contributed by atoms with E-state index in [4.69, 9.17) is 17.2 Å². The lowest BCUT2D eigenvalue weighted by atomic mass is 9.69. The van der Waals surface area contributed by atoms with Gasteiger partial charge in [-0.1, -0.05) is 0 Å². The molecular weight excluding hydrogens is 222 g/mol. The van der Waals surface area contributed by atoms with Crippen molar-refractivity contribution in [2.75, 3.05) is 19.6 Å². The summed E-state index contributed by atoms with van der Waals surface area (Å²) < 4.78 is 0. The Balaban J connectivity index is 2.33. The van der Waals surface area contributed by atoms with Gasteiger partial charge in [-0.2, -0.15) is 0 Å². The monoisotopic (exact) mass is 243 g/mol. The molecule has 0 aliphatic carbocycles. The maximum absolute atomic E-state index is 11.4. The van der Waals surface area contributed by atoms with Crippen LogP contribution in [0.3, 0.4) is 0 Å². The Morgan fingerprint density at radius 2 is 1.41 bits per heavy atom. The van der Waals surface area contributed by atoms with Crippen molar-refractivity contribution in [2.45, 2.75) is 42.9 Å². The van der Waals surface area contributed by atoms with E-state index in [0.717, 1.165) is 0 Å². The van der Waals surface area contributed by atoms with Crippen LogP contribution in [-0.4, -0.2) is 53.1 Å². The largest absolute Gasteiger partial charge is 0.329 e. The second-order valence-electron chi connectivity index (χ2n) is 5.21. The summed E-state index contributed by atoms with van der Waals surface area (Å²) in [5.74, 6) is 0. The van der Waals surface area contributed by atoms with Gasteiger partial charge in [-0.15, -0.1) is 0 Å². The van der Waals surface area contributed by atoms with Crippen molar-refractivity contribution in [3.63, 3.8) is 0 Å². The van der Waals surface area contributed by atoms with Gasteiger partial charge in [0.05, 0.1) is 0 Å². The van der Waals surface area contributed by atoms with Gasteiger partial charge in [-0.3, -0.25) is 15.0 Å². The fourth-order valence-electron chi connectivity index (χ4n) is 3.62. The van der Waals surface area contributed by atoms with Crippen molar-refractivity contribution in [1.29, 1.82) is 0 Å². The quantitative estimate of drug-likeness (QED) is 0.407. The first kappa shape index (κ1) is 12.7. The molecule has 0 aromatic rings. The lowest BCUT2D eigenvalue weighted by Crippen LogP contribution is -2.72. The van der Waals surface area contributed by atoms with Crippen molar-refractivity contribution in [1.82, 2.24) is 4.90 Å². The molecule has 2 bridgehead atoms. The van der Waals surface area contributed by atoms with Crippen LogP contribution in [-0.2, 0) is 0 Å². The van der Waals surface area contributed by atoms with E-state index >= 15 is 0 Å². The fraction of sp³-hybridized carbons (Fsp3) is 1.00. The Hall–Kier alpha value is -0.760. The third kappa shape index (κ3) is 1.83. The SMILES string of the molecule is NCC1CC2([N+](=O)[O-])CC(CN)N1C(CN)C2. The average molecular weight is 243 g/mol. The summed E-state index contributed by atoms with van der Waals surface area (Å²) >= 11 is 0. The molecule has 0 spiro atoms. The lowest BCUT2D eigenvalue weighted by Gasteiger charge is -2.55. The van der Waals surface area contributed by atoms with Crippen LogP contribution in [0.25, 0.3) is 0 Å². The van der Waals surface area contributed by atoms with Crippen LogP contribution < -0.4 is 17.2 Å². The summed E-state index contributed by atoms with van der Waals surface area (Å²) in [7, 11) is 0. The van der Waals surface area contributed by atoms with Crippen molar-refractivity contribution >= 4 is 0 Å². The van der Waals surface area contributed by atoms with Gasteiger partial charge in [0, 0.05) is 61.9 Å². The molecule has 7 nitrogen and oxygen atoms in total. The van der Waals surface area contributed by atoms with Gasteiger partial charge in [0.1, 0.15) is 0 Å². The Labute approximate surface area is 100 Å². The third-order valence-electron chi connectivity index (χ3n) is 4.32. The molecule has 17 heavy (non-hydrogen) atoms. The molecule has 3 unspecified atom stereocenters. The van der Waals surface area contributed by atoms with Gasteiger partial charge in [-0.05, 0) is 0 Å². The van der Waals surface area contributed by atoms with Crippen LogP contribution in [0.4, 0.5) is 0 Å². The number of fused-ring (bicyclic) bond motifs is 3. The zero-order valence-electron chi connectivity index (χ0n) is 9.92.